The lowest BCUT2D eigenvalue weighted by molar-refractivity contribution is 0.501. The zero-order valence-corrected chi connectivity index (χ0v) is 10.6. The van der Waals surface area contributed by atoms with E-state index in [9.17, 15) is 17.2 Å². The summed E-state index contributed by atoms with van der Waals surface area (Å²) in [6.45, 7) is 0. The average Bonchev–Trinajstić information content (AvgIpc) is 2.35. The van der Waals surface area contributed by atoms with Crippen molar-refractivity contribution in [1.82, 2.24) is 0 Å². The lowest BCUT2D eigenvalue weighted by Gasteiger charge is -2.06. The van der Waals surface area contributed by atoms with E-state index in [-0.39, 0.29) is 10.5 Å². The molecule has 2 rings (SSSR count). The SMILES string of the molecule is Nc1ccc(S(=O)(=O)Cc2cccc(F)c2F)cc1. The minimum Gasteiger partial charge on any atom is -0.399 e. The van der Waals surface area contributed by atoms with Gasteiger partial charge in [0.05, 0.1) is 10.6 Å². The molecule has 19 heavy (non-hydrogen) atoms. The maximum absolute atomic E-state index is 13.5. The zero-order chi connectivity index (χ0) is 14.0. The van der Waals surface area contributed by atoms with E-state index in [0.29, 0.717) is 5.69 Å². The fourth-order valence-electron chi connectivity index (χ4n) is 1.62. The fourth-order valence-corrected chi connectivity index (χ4v) is 2.97. The number of benzene rings is 2. The molecule has 0 radical (unpaired) electrons. The lowest BCUT2D eigenvalue weighted by Crippen LogP contribution is -2.07. The summed E-state index contributed by atoms with van der Waals surface area (Å²) in [5.41, 5.74) is 5.69. The van der Waals surface area contributed by atoms with Crippen LogP contribution in [0.25, 0.3) is 0 Å². The molecule has 0 spiro atoms. The van der Waals surface area contributed by atoms with Crippen molar-refractivity contribution in [2.24, 2.45) is 0 Å². The van der Waals surface area contributed by atoms with Crippen molar-refractivity contribution >= 4 is 15.5 Å². The smallest absolute Gasteiger partial charge is 0.182 e. The Balaban J connectivity index is 2.36. The van der Waals surface area contributed by atoms with Crippen LogP contribution in [0.2, 0.25) is 0 Å². The van der Waals surface area contributed by atoms with E-state index >= 15 is 0 Å². The van der Waals surface area contributed by atoms with Gasteiger partial charge in [-0.25, -0.2) is 17.2 Å². The first-order valence-electron chi connectivity index (χ1n) is 5.41. The van der Waals surface area contributed by atoms with E-state index in [1.807, 2.05) is 0 Å². The second-order valence-corrected chi connectivity index (χ2v) is 6.03. The van der Waals surface area contributed by atoms with Gasteiger partial charge in [0.25, 0.3) is 0 Å². The zero-order valence-electron chi connectivity index (χ0n) is 9.81. The van der Waals surface area contributed by atoms with Crippen molar-refractivity contribution in [2.45, 2.75) is 10.6 Å². The number of rotatable bonds is 3. The van der Waals surface area contributed by atoms with E-state index in [4.69, 9.17) is 5.73 Å². The van der Waals surface area contributed by atoms with E-state index in [0.717, 1.165) is 6.07 Å². The van der Waals surface area contributed by atoms with Gasteiger partial charge in [-0.05, 0) is 30.3 Å². The number of halogens is 2. The molecule has 0 aliphatic rings. The predicted molar refractivity (Wildman–Crippen MR) is 68.1 cm³/mol. The van der Waals surface area contributed by atoms with Crippen LogP contribution in [0, 0.1) is 11.6 Å². The van der Waals surface area contributed by atoms with Gasteiger partial charge in [-0.15, -0.1) is 0 Å². The first-order valence-corrected chi connectivity index (χ1v) is 7.06. The van der Waals surface area contributed by atoms with Gasteiger partial charge in [-0.1, -0.05) is 12.1 Å². The van der Waals surface area contributed by atoms with Crippen molar-refractivity contribution in [1.29, 1.82) is 0 Å². The Hall–Kier alpha value is -1.95. The highest BCUT2D eigenvalue weighted by molar-refractivity contribution is 7.90. The van der Waals surface area contributed by atoms with Crippen LogP contribution in [0.15, 0.2) is 47.4 Å². The Labute approximate surface area is 109 Å². The summed E-state index contributed by atoms with van der Waals surface area (Å²) in [7, 11) is -3.73. The molecule has 0 aromatic heterocycles. The minimum absolute atomic E-state index is 0.0189. The molecule has 0 aliphatic heterocycles. The van der Waals surface area contributed by atoms with Crippen molar-refractivity contribution in [3.05, 3.63) is 59.7 Å². The standard InChI is InChI=1S/C13H11F2NO2S/c14-12-3-1-2-9(13(12)15)8-19(17,18)11-6-4-10(16)5-7-11/h1-7H,8,16H2. The number of sulfone groups is 1. The predicted octanol–water partition coefficient (Wildman–Crippen LogP) is 2.52. The summed E-state index contributed by atoms with van der Waals surface area (Å²) in [5.74, 6) is -2.80. The topological polar surface area (TPSA) is 60.2 Å². The summed E-state index contributed by atoms with van der Waals surface area (Å²) in [6, 6.07) is 9.00. The molecule has 0 heterocycles. The number of nitrogen functional groups attached to an aromatic ring is 1. The third kappa shape index (κ3) is 2.90. The number of hydrogen-bond acceptors (Lipinski definition) is 3. The second kappa shape index (κ2) is 4.97. The van der Waals surface area contributed by atoms with Gasteiger partial charge < -0.3 is 5.73 Å². The van der Waals surface area contributed by atoms with Crippen LogP contribution in [0.1, 0.15) is 5.56 Å². The normalized spacial score (nSPS) is 11.5. The summed E-state index contributed by atoms with van der Waals surface area (Å²) >= 11 is 0. The Morgan fingerprint density at radius 3 is 2.26 bits per heavy atom. The van der Waals surface area contributed by atoms with Crippen LogP contribution in [0.4, 0.5) is 14.5 Å². The molecule has 100 valence electrons. The third-order valence-corrected chi connectivity index (χ3v) is 4.30. The highest BCUT2D eigenvalue weighted by Gasteiger charge is 2.18. The summed E-state index contributed by atoms with van der Waals surface area (Å²) < 4.78 is 50.6. The van der Waals surface area contributed by atoms with Crippen molar-refractivity contribution < 1.29 is 17.2 Å². The number of anilines is 1. The Morgan fingerprint density at radius 2 is 1.63 bits per heavy atom. The maximum atomic E-state index is 13.5. The first-order chi connectivity index (χ1) is 8.90. The van der Waals surface area contributed by atoms with Crippen LogP contribution in [0.3, 0.4) is 0 Å². The third-order valence-electron chi connectivity index (χ3n) is 2.62. The Morgan fingerprint density at radius 1 is 1.00 bits per heavy atom. The Kier molecular flexibility index (Phi) is 3.53. The first kappa shape index (κ1) is 13.5. The summed E-state index contributed by atoms with van der Waals surface area (Å²) in [6.07, 6.45) is 0. The van der Waals surface area contributed by atoms with E-state index in [1.165, 1.54) is 36.4 Å². The van der Waals surface area contributed by atoms with Crippen LogP contribution >= 0.6 is 0 Å². The largest absolute Gasteiger partial charge is 0.399 e. The van der Waals surface area contributed by atoms with Gasteiger partial charge in [0.1, 0.15) is 0 Å². The van der Waals surface area contributed by atoms with Gasteiger partial charge >= 0.3 is 0 Å². The number of nitrogens with two attached hydrogens (primary N) is 1. The van der Waals surface area contributed by atoms with Gasteiger partial charge in [-0.3, -0.25) is 0 Å². The molecule has 0 aliphatic carbocycles. The van der Waals surface area contributed by atoms with Gasteiger partial charge in [0.2, 0.25) is 0 Å². The van der Waals surface area contributed by atoms with Crippen LogP contribution < -0.4 is 5.73 Å². The average molecular weight is 283 g/mol. The molecule has 0 atom stereocenters. The molecule has 3 nitrogen and oxygen atoms in total. The van der Waals surface area contributed by atoms with E-state index in [2.05, 4.69) is 0 Å². The molecule has 0 bridgehead atoms. The molecule has 2 aromatic rings. The number of hydrogen-bond donors (Lipinski definition) is 1. The molecule has 0 amide bonds. The summed E-state index contributed by atoms with van der Waals surface area (Å²) in [4.78, 5) is 0.0189. The van der Waals surface area contributed by atoms with Gasteiger partial charge in [0, 0.05) is 11.3 Å². The molecule has 2 aromatic carbocycles. The molecule has 0 saturated carbocycles. The molecule has 6 heteroatoms. The van der Waals surface area contributed by atoms with Crippen molar-refractivity contribution in [2.75, 3.05) is 5.73 Å². The van der Waals surface area contributed by atoms with Gasteiger partial charge in [0.15, 0.2) is 21.5 Å². The van der Waals surface area contributed by atoms with Crippen LogP contribution in [-0.4, -0.2) is 8.42 Å². The Bertz CT molecular complexity index is 697. The van der Waals surface area contributed by atoms with E-state index in [1.54, 1.807) is 0 Å². The summed E-state index contributed by atoms with van der Waals surface area (Å²) in [5, 5.41) is 0. The molecule has 0 fully saturated rings. The van der Waals surface area contributed by atoms with Crippen LogP contribution in [-0.2, 0) is 15.6 Å². The molecule has 0 saturated heterocycles. The molecular formula is C13H11F2NO2S. The van der Waals surface area contributed by atoms with Crippen LogP contribution in [0.5, 0.6) is 0 Å². The fraction of sp³-hybridized carbons (Fsp3) is 0.0769. The highest BCUT2D eigenvalue weighted by atomic mass is 32.2. The molecule has 2 N–H and O–H groups in total. The van der Waals surface area contributed by atoms with Gasteiger partial charge in [-0.2, -0.15) is 0 Å². The maximum Gasteiger partial charge on any atom is 0.182 e. The monoisotopic (exact) mass is 283 g/mol. The second-order valence-electron chi connectivity index (χ2n) is 4.04. The molecular weight excluding hydrogens is 272 g/mol. The van der Waals surface area contributed by atoms with Crippen molar-refractivity contribution in [3.63, 3.8) is 0 Å². The quantitative estimate of drug-likeness (QED) is 0.880. The lowest BCUT2D eigenvalue weighted by atomic mass is 10.2. The highest BCUT2D eigenvalue weighted by Crippen LogP contribution is 2.20. The van der Waals surface area contributed by atoms with E-state index < -0.39 is 27.2 Å². The minimum atomic E-state index is -3.73. The van der Waals surface area contributed by atoms with Crippen molar-refractivity contribution in [3.8, 4) is 0 Å². The molecule has 0 unspecified atom stereocenters.